The maximum atomic E-state index is 13.1. The van der Waals surface area contributed by atoms with Crippen LogP contribution in [0.5, 0.6) is 5.75 Å². The normalized spacial score (nSPS) is 21.5. The van der Waals surface area contributed by atoms with Gasteiger partial charge in [-0.25, -0.2) is 0 Å². The summed E-state index contributed by atoms with van der Waals surface area (Å²) in [5.41, 5.74) is 1.16. The lowest BCUT2D eigenvalue weighted by molar-refractivity contribution is -0.141. The van der Waals surface area contributed by atoms with E-state index in [1.165, 1.54) is 0 Å². The molecule has 1 saturated heterocycles. The highest BCUT2D eigenvalue weighted by Gasteiger charge is 2.49. The van der Waals surface area contributed by atoms with E-state index in [2.05, 4.69) is 4.98 Å². The van der Waals surface area contributed by atoms with E-state index in [4.69, 9.17) is 16.3 Å². The third-order valence-corrected chi connectivity index (χ3v) is 6.27. The number of Topliss-reactive ketones (excluding diaryl/α,β-unsaturated/α-hetero) is 1. The standard InChI is InChI=1S/C24H25ClN2O4/c1-2-31-19-13-15(10-11-18(19)25)22(28)20-21(16-7-6-12-26-14-16)27(24(30)23(20)29)17-8-4-3-5-9-17/h6-7,10-14,17,21,28H,2-5,8-9H2,1H3/b22-20-. The number of pyridine rings is 1. The Morgan fingerprint density at radius 2 is 2.00 bits per heavy atom. The molecule has 1 atom stereocenters. The van der Waals surface area contributed by atoms with Gasteiger partial charge in [0.1, 0.15) is 11.5 Å². The Balaban J connectivity index is 1.85. The van der Waals surface area contributed by atoms with E-state index in [-0.39, 0.29) is 17.4 Å². The summed E-state index contributed by atoms with van der Waals surface area (Å²) in [4.78, 5) is 32.1. The highest BCUT2D eigenvalue weighted by molar-refractivity contribution is 6.46. The lowest BCUT2D eigenvalue weighted by atomic mass is 9.91. The first-order valence-electron chi connectivity index (χ1n) is 10.7. The number of amides is 1. The molecule has 2 aliphatic rings. The van der Waals surface area contributed by atoms with E-state index in [1.807, 2.05) is 13.0 Å². The number of ether oxygens (including phenoxy) is 1. The van der Waals surface area contributed by atoms with Crippen LogP contribution in [0.25, 0.3) is 5.76 Å². The van der Waals surface area contributed by atoms with Gasteiger partial charge in [0.25, 0.3) is 11.7 Å². The SMILES string of the molecule is CCOc1cc(/C(O)=C2/C(=O)C(=O)N(C3CCCCC3)C2c2cccnc2)ccc1Cl. The number of halogens is 1. The van der Waals surface area contributed by atoms with E-state index in [1.54, 1.807) is 41.6 Å². The van der Waals surface area contributed by atoms with E-state index in [9.17, 15) is 14.7 Å². The molecule has 6 nitrogen and oxygen atoms in total. The maximum Gasteiger partial charge on any atom is 0.295 e. The van der Waals surface area contributed by atoms with Gasteiger partial charge in [0.2, 0.25) is 0 Å². The van der Waals surface area contributed by atoms with Crippen molar-refractivity contribution in [2.75, 3.05) is 6.61 Å². The molecule has 1 saturated carbocycles. The first-order valence-corrected chi connectivity index (χ1v) is 11.0. The quantitative estimate of drug-likeness (QED) is 0.407. The molecule has 0 spiro atoms. The summed E-state index contributed by atoms with van der Waals surface area (Å²) in [7, 11) is 0. The largest absolute Gasteiger partial charge is 0.507 e. The minimum atomic E-state index is -0.678. The van der Waals surface area contributed by atoms with Crippen LogP contribution in [0, 0.1) is 0 Å². The molecule has 1 aromatic heterocycles. The van der Waals surface area contributed by atoms with E-state index >= 15 is 0 Å². The molecule has 0 bridgehead atoms. The molecule has 1 aliphatic carbocycles. The monoisotopic (exact) mass is 440 g/mol. The van der Waals surface area contributed by atoms with E-state index < -0.39 is 17.7 Å². The van der Waals surface area contributed by atoms with Crippen molar-refractivity contribution in [2.45, 2.75) is 51.1 Å². The minimum absolute atomic E-state index is 0.0371. The highest BCUT2D eigenvalue weighted by Crippen LogP contribution is 2.43. The number of aliphatic hydroxyl groups excluding tert-OH is 1. The molecule has 1 aliphatic heterocycles. The minimum Gasteiger partial charge on any atom is -0.507 e. The molecule has 2 heterocycles. The Morgan fingerprint density at radius 1 is 1.23 bits per heavy atom. The van der Waals surface area contributed by atoms with Gasteiger partial charge in [-0.05, 0) is 49.6 Å². The first-order chi connectivity index (χ1) is 15.0. The Morgan fingerprint density at radius 3 is 2.68 bits per heavy atom. The molecule has 1 aromatic carbocycles. The second kappa shape index (κ2) is 9.10. The third kappa shape index (κ3) is 4.04. The third-order valence-electron chi connectivity index (χ3n) is 5.95. The number of carbonyl (C=O) groups is 2. The van der Waals surface area contributed by atoms with Crippen LogP contribution in [0.1, 0.15) is 56.2 Å². The van der Waals surface area contributed by atoms with Crippen molar-refractivity contribution in [3.63, 3.8) is 0 Å². The van der Waals surface area contributed by atoms with Crippen molar-refractivity contribution in [2.24, 2.45) is 0 Å². The van der Waals surface area contributed by atoms with Gasteiger partial charge in [0.05, 0.1) is 23.2 Å². The zero-order chi connectivity index (χ0) is 22.0. The summed E-state index contributed by atoms with van der Waals surface area (Å²) < 4.78 is 5.53. The van der Waals surface area contributed by atoms with Crippen molar-refractivity contribution >= 4 is 29.1 Å². The lowest BCUT2D eigenvalue weighted by Gasteiger charge is -2.35. The molecule has 1 N–H and O–H groups in total. The summed E-state index contributed by atoms with van der Waals surface area (Å²) in [6.07, 6.45) is 8.14. The van der Waals surface area contributed by atoms with Crippen LogP contribution in [0.15, 0.2) is 48.3 Å². The van der Waals surface area contributed by atoms with Crippen molar-refractivity contribution in [1.29, 1.82) is 0 Å². The molecular formula is C24H25ClN2O4. The molecule has 4 rings (SSSR count). The fourth-order valence-electron chi connectivity index (χ4n) is 4.52. The van der Waals surface area contributed by atoms with Gasteiger partial charge in [0.15, 0.2) is 0 Å². The number of ketones is 1. The topological polar surface area (TPSA) is 79.7 Å². The Bertz CT molecular complexity index is 1020. The number of rotatable bonds is 5. The van der Waals surface area contributed by atoms with Crippen LogP contribution in [0.4, 0.5) is 0 Å². The van der Waals surface area contributed by atoms with Gasteiger partial charge >= 0.3 is 0 Å². The maximum absolute atomic E-state index is 13.1. The number of benzene rings is 1. The second-order valence-corrected chi connectivity index (χ2v) is 8.27. The molecule has 1 amide bonds. The fourth-order valence-corrected chi connectivity index (χ4v) is 4.70. The van der Waals surface area contributed by atoms with Gasteiger partial charge in [-0.15, -0.1) is 0 Å². The van der Waals surface area contributed by atoms with Crippen LogP contribution < -0.4 is 4.74 Å². The van der Waals surface area contributed by atoms with Gasteiger partial charge in [-0.3, -0.25) is 14.6 Å². The Hall–Kier alpha value is -2.86. The van der Waals surface area contributed by atoms with Crippen molar-refractivity contribution in [1.82, 2.24) is 9.88 Å². The number of hydrogen-bond donors (Lipinski definition) is 1. The summed E-state index contributed by atoms with van der Waals surface area (Å²) >= 11 is 6.18. The highest BCUT2D eigenvalue weighted by atomic mass is 35.5. The smallest absolute Gasteiger partial charge is 0.295 e. The number of carbonyl (C=O) groups excluding carboxylic acids is 2. The lowest BCUT2D eigenvalue weighted by Crippen LogP contribution is -2.40. The second-order valence-electron chi connectivity index (χ2n) is 7.86. The molecule has 0 radical (unpaired) electrons. The average molecular weight is 441 g/mol. The summed E-state index contributed by atoms with van der Waals surface area (Å²) in [6.45, 7) is 2.24. The Kier molecular flexibility index (Phi) is 6.28. The van der Waals surface area contributed by atoms with Crippen LogP contribution in [-0.2, 0) is 9.59 Å². The number of hydrogen-bond acceptors (Lipinski definition) is 5. The predicted octanol–water partition coefficient (Wildman–Crippen LogP) is 4.89. The zero-order valence-electron chi connectivity index (χ0n) is 17.4. The van der Waals surface area contributed by atoms with Crippen LogP contribution in [0.2, 0.25) is 5.02 Å². The first kappa shape index (κ1) is 21.4. The number of aliphatic hydroxyl groups is 1. The van der Waals surface area contributed by atoms with Crippen molar-refractivity contribution < 1.29 is 19.4 Å². The van der Waals surface area contributed by atoms with Gasteiger partial charge in [-0.2, -0.15) is 0 Å². The van der Waals surface area contributed by atoms with Crippen LogP contribution in [0.3, 0.4) is 0 Å². The van der Waals surface area contributed by atoms with E-state index in [0.29, 0.717) is 28.5 Å². The number of likely N-dealkylation sites (tertiary alicyclic amines) is 1. The summed E-state index contributed by atoms with van der Waals surface area (Å²) in [5.74, 6) is -1.07. The zero-order valence-corrected chi connectivity index (χ0v) is 18.1. The molecule has 1 unspecified atom stereocenters. The van der Waals surface area contributed by atoms with Crippen molar-refractivity contribution in [3.05, 3.63) is 64.4 Å². The van der Waals surface area contributed by atoms with Crippen LogP contribution >= 0.6 is 11.6 Å². The summed E-state index contributed by atoms with van der Waals surface area (Å²) in [5, 5.41) is 11.6. The van der Waals surface area contributed by atoms with Gasteiger partial charge < -0.3 is 14.7 Å². The Labute approximate surface area is 186 Å². The number of nitrogens with zero attached hydrogens (tertiary/aromatic N) is 2. The van der Waals surface area contributed by atoms with Gasteiger partial charge in [0, 0.05) is 24.0 Å². The molecule has 31 heavy (non-hydrogen) atoms. The molecular weight excluding hydrogens is 416 g/mol. The molecule has 2 aromatic rings. The molecule has 162 valence electrons. The number of aromatic nitrogens is 1. The van der Waals surface area contributed by atoms with Crippen molar-refractivity contribution in [3.8, 4) is 5.75 Å². The van der Waals surface area contributed by atoms with E-state index in [0.717, 1.165) is 32.1 Å². The average Bonchev–Trinajstić information content (AvgIpc) is 3.07. The predicted molar refractivity (Wildman–Crippen MR) is 118 cm³/mol. The molecule has 2 fully saturated rings. The fraction of sp³-hybridized carbons (Fsp3) is 0.375. The van der Waals surface area contributed by atoms with Crippen LogP contribution in [-0.4, -0.2) is 39.3 Å². The molecule has 7 heteroatoms. The summed E-state index contributed by atoms with van der Waals surface area (Å²) in [6, 6.07) is 7.71. The van der Waals surface area contributed by atoms with Gasteiger partial charge in [-0.1, -0.05) is 36.9 Å².